The van der Waals surface area contributed by atoms with Crippen molar-refractivity contribution in [2.75, 3.05) is 6.61 Å². The zero-order valence-corrected chi connectivity index (χ0v) is 15.7. The molecule has 1 aromatic rings. The quantitative estimate of drug-likeness (QED) is 0.547. The molecule has 0 spiro atoms. The molecule has 126 valence electrons. The number of hydrogen-bond donors (Lipinski definition) is 0. The molecule has 3 heteroatoms. The van der Waals surface area contributed by atoms with Gasteiger partial charge in [-0.15, -0.1) is 0 Å². The van der Waals surface area contributed by atoms with Gasteiger partial charge in [0, 0.05) is 6.42 Å². The summed E-state index contributed by atoms with van der Waals surface area (Å²) in [6.45, 7) is 12.6. The molecule has 0 radical (unpaired) electrons. The molecule has 0 aliphatic carbocycles. The highest BCUT2D eigenvalue weighted by Crippen LogP contribution is 2.31. The molecule has 0 saturated heterocycles. The lowest BCUT2D eigenvalue weighted by molar-refractivity contribution is -0.117. The number of benzene rings is 1. The van der Waals surface area contributed by atoms with Crippen molar-refractivity contribution in [3.8, 4) is 5.75 Å². The van der Waals surface area contributed by atoms with Crippen molar-refractivity contribution in [2.45, 2.75) is 67.2 Å². The van der Waals surface area contributed by atoms with Gasteiger partial charge in [0.1, 0.15) is 11.5 Å². The van der Waals surface area contributed by atoms with E-state index in [1.54, 1.807) is 6.92 Å². The Morgan fingerprint density at radius 1 is 1.23 bits per heavy atom. The lowest BCUT2D eigenvalue weighted by Crippen LogP contribution is -2.05. The molecule has 0 unspecified atom stereocenters. The van der Waals surface area contributed by atoms with E-state index in [4.69, 9.17) is 16.3 Å². The second-order valence-corrected chi connectivity index (χ2v) is 6.23. The maximum absolute atomic E-state index is 10.9. The molecule has 0 amide bonds. The predicted molar refractivity (Wildman–Crippen MR) is 96.1 cm³/mol. The number of ether oxygens (including phenoxy) is 1. The Morgan fingerprint density at radius 2 is 1.86 bits per heavy atom. The van der Waals surface area contributed by atoms with Gasteiger partial charge >= 0.3 is 0 Å². The van der Waals surface area contributed by atoms with Crippen molar-refractivity contribution in [3.63, 3.8) is 0 Å². The van der Waals surface area contributed by atoms with Crippen molar-refractivity contribution in [1.82, 2.24) is 0 Å². The lowest BCUT2D eigenvalue weighted by Gasteiger charge is -2.14. The van der Waals surface area contributed by atoms with Gasteiger partial charge in [-0.3, -0.25) is 0 Å². The first-order chi connectivity index (χ1) is 10.4. The van der Waals surface area contributed by atoms with Gasteiger partial charge in [0.15, 0.2) is 0 Å². The van der Waals surface area contributed by atoms with Crippen LogP contribution >= 0.6 is 11.6 Å². The molecule has 0 aliphatic rings. The first kappa shape index (κ1) is 21.0. The maximum Gasteiger partial charge on any atom is 0.138 e. The molecule has 0 atom stereocenters. The Kier molecular flexibility index (Phi) is 11.0. The molecule has 2 nitrogen and oxygen atoms in total. The van der Waals surface area contributed by atoms with E-state index in [1.165, 1.54) is 0 Å². The standard InChI is InChI=1S/C17H25ClO2.C2H6/c1-12(2)11-20-16-10-13(3)9-15(17(16)18)8-6-5-7-14(4)19;1-2/h9-10,12H,5-8,11H2,1-4H3;1-2H3. The van der Waals surface area contributed by atoms with E-state index in [0.29, 0.717) is 18.9 Å². The second-order valence-electron chi connectivity index (χ2n) is 5.85. The average Bonchev–Trinajstić information content (AvgIpc) is 2.46. The molecule has 0 bridgehead atoms. The number of Topliss-reactive ketones (excluding diaryl/α,β-unsaturated/α-hetero) is 1. The monoisotopic (exact) mass is 326 g/mol. The first-order valence-electron chi connectivity index (χ1n) is 8.31. The molecular formula is C19H31ClO2. The molecule has 0 fully saturated rings. The zero-order valence-electron chi connectivity index (χ0n) is 15.0. The summed E-state index contributed by atoms with van der Waals surface area (Å²) in [6.07, 6.45) is 3.44. The van der Waals surface area contributed by atoms with Gasteiger partial charge in [0.2, 0.25) is 0 Å². The second kappa shape index (κ2) is 11.5. The van der Waals surface area contributed by atoms with Crippen LogP contribution in [0.3, 0.4) is 0 Å². The summed E-state index contributed by atoms with van der Waals surface area (Å²) in [6, 6.07) is 4.10. The Balaban J connectivity index is 0.00000211. The van der Waals surface area contributed by atoms with Crippen molar-refractivity contribution in [3.05, 3.63) is 28.3 Å². The first-order valence-corrected chi connectivity index (χ1v) is 8.69. The largest absolute Gasteiger partial charge is 0.492 e. The van der Waals surface area contributed by atoms with Gasteiger partial charge in [-0.2, -0.15) is 0 Å². The Bertz CT molecular complexity index is 453. The van der Waals surface area contributed by atoms with Crippen LogP contribution in [0.25, 0.3) is 0 Å². The molecule has 0 saturated carbocycles. The maximum atomic E-state index is 10.9. The average molecular weight is 327 g/mol. The Morgan fingerprint density at radius 3 is 2.41 bits per heavy atom. The fraction of sp³-hybridized carbons (Fsp3) is 0.632. The highest BCUT2D eigenvalue weighted by atomic mass is 35.5. The van der Waals surface area contributed by atoms with Gasteiger partial charge in [0.25, 0.3) is 0 Å². The van der Waals surface area contributed by atoms with E-state index in [-0.39, 0.29) is 5.78 Å². The molecule has 0 N–H and O–H groups in total. The molecule has 0 heterocycles. The number of rotatable bonds is 8. The zero-order chi connectivity index (χ0) is 17.1. The van der Waals surface area contributed by atoms with E-state index < -0.39 is 0 Å². The minimum absolute atomic E-state index is 0.251. The van der Waals surface area contributed by atoms with Crippen LogP contribution in [0.5, 0.6) is 5.75 Å². The van der Waals surface area contributed by atoms with Crippen molar-refractivity contribution in [2.24, 2.45) is 5.92 Å². The smallest absolute Gasteiger partial charge is 0.138 e. The van der Waals surface area contributed by atoms with Crippen molar-refractivity contribution < 1.29 is 9.53 Å². The summed E-state index contributed by atoms with van der Waals surface area (Å²) >= 11 is 6.41. The molecule has 1 aromatic carbocycles. The number of hydrogen-bond acceptors (Lipinski definition) is 2. The predicted octanol–water partition coefficient (Wildman–Crippen LogP) is 6.01. The molecule has 22 heavy (non-hydrogen) atoms. The van der Waals surface area contributed by atoms with Gasteiger partial charge in [-0.1, -0.05) is 45.4 Å². The SMILES string of the molecule is CC.CC(=O)CCCCc1cc(C)cc(OCC(C)C)c1Cl. The Labute approximate surface area is 141 Å². The molecular weight excluding hydrogens is 296 g/mol. The van der Waals surface area contributed by atoms with E-state index in [0.717, 1.165) is 41.2 Å². The summed E-state index contributed by atoms with van der Waals surface area (Å²) in [4.78, 5) is 10.9. The number of unbranched alkanes of at least 4 members (excludes halogenated alkanes) is 1. The number of aryl methyl sites for hydroxylation is 2. The van der Waals surface area contributed by atoms with Crippen LogP contribution in [-0.4, -0.2) is 12.4 Å². The topological polar surface area (TPSA) is 26.3 Å². The fourth-order valence-electron chi connectivity index (χ4n) is 2.04. The van der Waals surface area contributed by atoms with E-state index >= 15 is 0 Å². The fourth-order valence-corrected chi connectivity index (χ4v) is 2.30. The summed E-state index contributed by atoms with van der Waals surface area (Å²) in [5, 5.41) is 0.721. The third kappa shape index (κ3) is 8.43. The third-order valence-corrected chi connectivity index (χ3v) is 3.49. The Hall–Kier alpha value is -1.02. The van der Waals surface area contributed by atoms with Gasteiger partial charge < -0.3 is 9.53 Å². The summed E-state index contributed by atoms with van der Waals surface area (Å²) in [5.74, 6) is 1.51. The van der Waals surface area contributed by atoms with Gasteiger partial charge in [-0.05, 0) is 56.2 Å². The molecule has 0 aromatic heterocycles. The highest BCUT2D eigenvalue weighted by molar-refractivity contribution is 6.32. The summed E-state index contributed by atoms with van der Waals surface area (Å²) in [7, 11) is 0. The molecule has 0 aliphatic heterocycles. The number of halogens is 1. The number of ketones is 1. The summed E-state index contributed by atoms with van der Waals surface area (Å²) in [5.41, 5.74) is 2.28. The van der Waals surface area contributed by atoms with Gasteiger partial charge in [0.05, 0.1) is 11.6 Å². The highest BCUT2D eigenvalue weighted by Gasteiger charge is 2.10. The third-order valence-electron chi connectivity index (χ3n) is 3.06. The van der Waals surface area contributed by atoms with E-state index in [2.05, 4.69) is 26.8 Å². The number of carbonyl (C=O) groups excluding carboxylic acids is 1. The van der Waals surface area contributed by atoms with Crippen LogP contribution in [0.1, 0.15) is 65.0 Å². The van der Waals surface area contributed by atoms with E-state index in [1.807, 2.05) is 19.9 Å². The van der Waals surface area contributed by atoms with Crippen LogP contribution in [-0.2, 0) is 11.2 Å². The van der Waals surface area contributed by atoms with Crippen LogP contribution in [0, 0.1) is 12.8 Å². The number of carbonyl (C=O) groups is 1. The van der Waals surface area contributed by atoms with Crippen LogP contribution in [0.15, 0.2) is 12.1 Å². The van der Waals surface area contributed by atoms with Crippen LogP contribution < -0.4 is 4.74 Å². The normalized spacial score (nSPS) is 10.2. The van der Waals surface area contributed by atoms with Crippen molar-refractivity contribution >= 4 is 17.4 Å². The van der Waals surface area contributed by atoms with Crippen LogP contribution in [0.2, 0.25) is 5.02 Å². The minimum Gasteiger partial charge on any atom is -0.492 e. The van der Waals surface area contributed by atoms with E-state index in [9.17, 15) is 4.79 Å². The lowest BCUT2D eigenvalue weighted by atomic mass is 10.0. The summed E-state index contributed by atoms with van der Waals surface area (Å²) < 4.78 is 5.78. The molecule has 1 rings (SSSR count). The van der Waals surface area contributed by atoms with Crippen molar-refractivity contribution in [1.29, 1.82) is 0 Å². The minimum atomic E-state index is 0.251. The van der Waals surface area contributed by atoms with Gasteiger partial charge in [-0.25, -0.2) is 0 Å². The van der Waals surface area contributed by atoms with Crippen LogP contribution in [0.4, 0.5) is 0 Å².